The van der Waals surface area contributed by atoms with Crippen LogP contribution in [0.5, 0.6) is 0 Å². The Kier molecular flexibility index (Phi) is 3.06. The molecule has 12 heavy (non-hydrogen) atoms. The van der Waals surface area contributed by atoms with E-state index in [1.165, 1.54) is 6.92 Å². The molecule has 0 aromatic heterocycles. The van der Waals surface area contributed by atoms with E-state index in [2.05, 4.69) is 5.92 Å². The zero-order valence-corrected chi connectivity index (χ0v) is 7.98. The van der Waals surface area contributed by atoms with Crippen molar-refractivity contribution in [3.63, 3.8) is 0 Å². The molecule has 0 rings (SSSR count). The van der Waals surface area contributed by atoms with E-state index in [9.17, 15) is 13.8 Å². The van der Waals surface area contributed by atoms with Gasteiger partial charge in [0.1, 0.15) is 7.14 Å². The molecule has 0 spiro atoms. The molecule has 0 saturated heterocycles. The molecular formula is C7H10FO3P. The van der Waals surface area contributed by atoms with E-state index in [0.29, 0.717) is 0 Å². The Labute approximate surface area is 70.3 Å². The van der Waals surface area contributed by atoms with Crippen molar-refractivity contribution in [2.45, 2.75) is 12.3 Å². The molecule has 5 heteroatoms. The first-order valence-corrected chi connectivity index (χ1v) is 5.77. The Morgan fingerprint density at radius 1 is 1.58 bits per heavy atom. The summed E-state index contributed by atoms with van der Waals surface area (Å²) < 4.78 is 24.6. The van der Waals surface area contributed by atoms with Crippen molar-refractivity contribution in [3.8, 4) is 11.8 Å². The van der Waals surface area contributed by atoms with Crippen LogP contribution in [0.4, 0.5) is 4.39 Å². The standard InChI is InChI=1S/C7H10FO3P/c1-4-5-7(8,6(9)10)12(2,3)11/h1-3H3,(H,9,10). The van der Waals surface area contributed by atoms with Crippen LogP contribution in [0, 0.1) is 11.8 Å². The quantitative estimate of drug-likeness (QED) is 0.531. The highest BCUT2D eigenvalue weighted by atomic mass is 31.2. The molecule has 0 amide bonds. The highest BCUT2D eigenvalue weighted by molar-refractivity contribution is 7.65. The molecule has 0 fully saturated rings. The van der Waals surface area contributed by atoms with Crippen molar-refractivity contribution in [3.05, 3.63) is 0 Å². The molecule has 1 unspecified atom stereocenters. The van der Waals surface area contributed by atoms with Crippen LogP contribution in [0.15, 0.2) is 0 Å². The zero-order valence-electron chi connectivity index (χ0n) is 7.09. The molecule has 68 valence electrons. The molecule has 0 saturated carbocycles. The number of carbonyl (C=O) groups is 1. The van der Waals surface area contributed by atoms with E-state index < -0.39 is 18.5 Å². The Hall–Kier alpha value is -0.810. The number of hydrogen-bond acceptors (Lipinski definition) is 2. The number of hydrogen-bond donors (Lipinski definition) is 1. The van der Waals surface area contributed by atoms with E-state index in [4.69, 9.17) is 5.11 Å². The van der Waals surface area contributed by atoms with Crippen molar-refractivity contribution in [1.82, 2.24) is 0 Å². The third-order valence-electron chi connectivity index (χ3n) is 1.32. The van der Waals surface area contributed by atoms with Gasteiger partial charge in [0.2, 0.25) is 0 Å². The fourth-order valence-corrected chi connectivity index (χ4v) is 1.43. The molecule has 0 heterocycles. The summed E-state index contributed by atoms with van der Waals surface area (Å²) in [7, 11) is -3.40. The third kappa shape index (κ3) is 1.86. The molecule has 0 aliphatic heterocycles. The third-order valence-corrected chi connectivity index (χ3v) is 3.10. The number of rotatable bonds is 2. The topological polar surface area (TPSA) is 54.4 Å². The summed E-state index contributed by atoms with van der Waals surface area (Å²) in [5, 5.41) is 5.55. The summed E-state index contributed by atoms with van der Waals surface area (Å²) in [6, 6.07) is 0. The van der Waals surface area contributed by atoms with Gasteiger partial charge in [-0.3, -0.25) is 0 Å². The predicted octanol–water partition coefficient (Wildman–Crippen LogP) is 1.38. The fraction of sp³-hybridized carbons (Fsp3) is 0.571. The van der Waals surface area contributed by atoms with Gasteiger partial charge in [0.15, 0.2) is 0 Å². The molecule has 0 bridgehead atoms. The molecule has 0 radical (unpaired) electrons. The first-order valence-electron chi connectivity index (χ1n) is 3.17. The second-order valence-corrected chi connectivity index (χ2v) is 5.97. The second-order valence-electron chi connectivity index (χ2n) is 2.65. The lowest BCUT2D eigenvalue weighted by Crippen LogP contribution is -2.31. The highest BCUT2D eigenvalue weighted by Crippen LogP contribution is 2.52. The van der Waals surface area contributed by atoms with Gasteiger partial charge in [0, 0.05) is 0 Å². The predicted molar refractivity (Wildman–Crippen MR) is 44.4 cm³/mol. The van der Waals surface area contributed by atoms with Gasteiger partial charge in [0.05, 0.1) is 0 Å². The minimum atomic E-state index is -3.40. The maximum atomic E-state index is 13.4. The van der Waals surface area contributed by atoms with Gasteiger partial charge in [-0.1, -0.05) is 0 Å². The van der Waals surface area contributed by atoms with E-state index in [-0.39, 0.29) is 0 Å². The van der Waals surface area contributed by atoms with E-state index >= 15 is 0 Å². The minimum absolute atomic E-state index is 1.06. The van der Waals surface area contributed by atoms with Crippen LogP contribution in [0.2, 0.25) is 0 Å². The number of carboxylic acids is 1. The van der Waals surface area contributed by atoms with E-state index in [1.54, 1.807) is 0 Å². The van der Waals surface area contributed by atoms with Crippen molar-refractivity contribution >= 4 is 13.1 Å². The fourth-order valence-electron chi connectivity index (χ4n) is 0.584. The molecule has 0 aliphatic rings. The van der Waals surface area contributed by atoms with Gasteiger partial charge in [0.25, 0.3) is 0 Å². The van der Waals surface area contributed by atoms with Crippen LogP contribution in [-0.2, 0) is 9.36 Å². The molecule has 0 aliphatic carbocycles. The zero-order chi connectivity index (χ0) is 9.99. The Bertz CT molecular complexity index is 296. The maximum Gasteiger partial charge on any atom is 0.362 e. The summed E-state index contributed by atoms with van der Waals surface area (Å²) in [6.07, 6.45) is 0. The van der Waals surface area contributed by atoms with Crippen LogP contribution >= 0.6 is 7.14 Å². The summed E-state index contributed by atoms with van der Waals surface area (Å²) in [6.45, 7) is 3.42. The highest BCUT2D eigenvalue weighted by Gasteiger charge is 2.48. The van der Waals surface area contributed by atoms with Crippen LogP contribution in [0.3, 0.4) is 0 Å². The SMILES string of the molecule is CC#CC(F)(C(=O)O)P(C)(C)=O. The largest absolute Gasteiger partial charge is 0.478 e. The number of aliphatic carboxylic acids is 1. The maximum absolute atomic E-state index is 13.4. The first-order chi connectivity index (χ1) is 5.25. The van der Waals surface area contributed by atoms with Gasteiger partial charge in [-0.25, -0.2) is 9.18 Å². The monoisotopic (exact) mass is 192 g/mol. The Balaban J connectivity index is 5.27. The average molecular weight is 192 g/mol. The lowest BCUT2D eigenvalue weighted by atomic mass is 10.4. The molecule has 0 aromatic rings. The van der Waals surface area contributed by atoms with Crippen molar-refractivity contribution in [2.24, 2.45) is 0 Å². The van der Waals surface area contributed by atoms with Crippen LogP contribution in [0.1, 0.15) is 6.92 Å². The van der Waals surface area contributed by atoms with Crippen molar-refractivity contribution in [2.75, 3.05) is 13.3 Å². The molecule has 0 aromatic carbocycles. The number of carboxylic acid groups (broad SMARTS) is 1. The van der Waals surface area contributed by atoms with Gasteiger partial charge < -0.3 is 9.67 Å². The van der Waals surface area contributed by atoms with Crippen LogP contribution in [0.25, 0.3) is 0 Å². The minimum Gasteiger partial charge on any atom is -0.478 e. The van der Waals surface area contributed by atoms with Gasteiger partial charge in [-0.2, -0.15) is 0 Å². The summed E-state index contributed by atoms with van der Waals surface area (Å²) >= 11 is 0. The molecule has 1 atom stereocenters. The average Bonchev–Trinajstić information content (AvgIpc) is 1.85. The summed E-state index contributed by atoms with van der Waals surface area (Å²) in [5.41, 5.74) is 0. The lowest BCUT2D eigenvalue weighted by Gasteiger charge is -2.18. The van der Waals surface area contributed by atoms with E-state index in [1.807, 2.05) is 5.92 Å². The summed E-state index contributed by atoms with van der Waals surface area (Å²) in [4.78, 5) is 10.4. The molecular weight excluding hydrogens is 182 g/mol. The number of alkyl halides is 1. The molecule has 1 N–H and O–H groups in total. The Morgan fingerprint density at radius 2 is 2.00 bits per heavy atom. The summed E-state index contributed by atoms with van der Waals surface area (Å²) in [5.74, 6) is 2.15. The smallest absolute Gasteiger partial charge is 0.362 e. The van der Waals surface area contributed by atoms with Crippen molar-refractivity contribution < 1.29 is 18.9 Å². The van der Waals surface area contributed by atoms with Gasteiger partial charge >= 0.3 is 11.4 Å². The van der Waals surface area contributed by atoms with Gasteiger partial charge in [-0.15, -0.1) is 5.92 Å². The van der Waals surface area contributed by atoms with Crippen LogP contribution < -0.4 is 0 Å². The number of halogens is 1. The molecule has 3 nitrogen and oxygen atoms in total. The van der Waals surface area contributed by atoms with Gasteiger partial charge in [-0.05, 0) is 26.2 Å². The second kappa shape index (κ2) is 3.28. The van der Waals surface area contributed by atoms with E-state index in [0.717, 1.165) is 13.3 Å². The normalized spacial score (nSPS) is 15.7. The first kappa shape index (κ1) is 11.2. The lowest BCUT2D eigenvalue weighted by molar-refractivity contribution is -0.142. The Morgan fingerprint density at radius 3 is 2.08 bits per heavy atom. The van der Waals surface area contributed by atoms with Crippen LogP contribution in [-0.4, -0.2) is 29.8 Å². The van der Waals surface area contributed by atoms with Crippen molar-refractivity contribution in [1.29, 1.82) is 0 Å².